The summed E-state index contributed by atoms with van der Waals surface area (Å²) in [5.74, 6) is -1.12. The molecule has 1 aromatic heterocycles. The van der Waals surface area contributed by atoms with Crippen molar-refractivity contribution in [1.29, 1.82) is 0 Å². The van der Waals surface area contributed by atoms with Gasteiger partial charge in [-0.15, -0.1) is 5.10 Å². The Labute approximate surface area is 183 Å². The number of para-hydroxylation sites is 1. The van der Waals surface area contributed by atoms with Crippen LogP contribution in [-0.4, -0.2) is 52.0 Å². The number of carbonyl (C=O) groups excluding carboxylic acids is 2. The van der Waals surface area contributed by atoms with Crippen molar-refractivity contribution >= 4 is 29.2 Å². The molecule has 2 amide bonds. The standard InChI is InChI=1S/C22H20FN7O2/c1-29-16-10-5-3-8-14(16)17(13-7-2-4-9-15(13)23)25-19(21(29)32)26-20(31)18-27-22-24-11-6-12-30(22)28-18/h2-5,7-10,19H,6,11-12H2,1H3,(H,26,31)(H,24,27,28). The van der Waals surface area contributed by atoms with Crippen molar-refractivity contribution in [1.82, 2.24) is 20.1 Å². The Hall–Kier alpha value is -4.08. The minimum atomic E-state index is -1.28. The normalized spacial score (nSPS) is 17.6. The fraction of sp³-hybridized carbons (Fsp3) is 0.227. The predicted octanol–water partition coefficient (Wildman–Crippen LogP) is 1.80. The van der Waals surface area contributed by atoms with Crippen molar-refractivity contribution in [2.45, 2.75) is 19.1 Å². The van der Waals surface area contributed by atoms with E-state index in [0.717, 1.165) is 13.0 Å². The summed E-state index contributed by atoms with van der Waals surface area (Å²) in [5, 5.41) is 9.90. The third-order valence-electron chi connectivity index (χ3n) is 5.44. The van der Waals surface area contributed by atoms with E-state index in [4.69, 9.17) is 0 Å². The first-order valence-electron chi connectivity index (χ1n) is 10.2. The van der Waals surface area contributed by atoms with E-state index < -0.39 is 23.8 Å². The number of fused-ring (bicyclic) bond motifs is 2. The third kappa shape index (κ3) is 3.39. The number of anilines is 2. The lowest BCUT2D eigenvalue weighted by atomic mass is 10.00. The van der Waals surface area contributed by atoms with Crippen LogP contribution in [0, 0.1) is 5.82 Å². The predicted molar refractivity (Wildman–Crippen MR) is 116 cm³/mol. The van der Waals surface area contributed by atoms with E-state index in [2.05, 4.69) is 25.7 Å². The molecule has 162 valence electrons. The number of carbonyl (C=O) groups is 2. The van der Waals surface area contributed by atoms with Crippen LogP contribution in [0.3, 0.4) is 0 Å². The molecule has 0 radical (unpaired) electrons. The molecule has 3 aromatic rings. The summed E-state index contributed by atoms with van der Waals surface area (Å²) in [4.78, 5) is 36.2. The summed E-state index contributed by atoms with van der Waals surface area (Å²) in [5.41, 5.74) is 1.67. The number of halogens is 1. The number of hydrogen-bond acceptors (Lipinski definition) is 6. The smallest absolute Gasteiger partial charge is 0.293 e. The van der Waals surface area contributed by atoms with Crippen molar-refractivity contribution in [3.8, 4) is 0 Å². The third-order valence-corrected chi connectivity index (χ3v) is 5.44. The van der Waals surface area contributed by atoms with Gasteiger partial charge in [0.15, 0.2) is 0 Å². The fourth-order valence-electron chi connectivity index (χ4n) is 3.83. The Morgan fingerprint density at radius 2 is 1.91 bits per heavy atom. The number of aryl methyl sites for hydroxylation is 1. The second kappa shape index (κ2) is 7.88. The highest BCUT2D eigenvalue weighted by Crippen LogP contribution is 2.28. The van der Waals surface area contributed by atoms with Crippen LogP contribution in [-0.2, 0) is 11.3 Å². The lowest BCUT2D eigenvalue weighted by Crippen LogP contribution is -2.46. The van der Waals surface area contributed by atoms with Gasteiger partial charge in [0, 0.05) is 31.3 Å². The molecule has 1 unspecified atom stereocenters. The van der Waals surface area contributed by atoms with E-state index in [9.17, 15) is 14.0 Å². The highest BCUT2D eigenvalue weighted by atomic mass is 19.1. The van der Waals surface area contributed by atoms with Crippen LogP contribution < -0.4 is 15.5 Å². The zero-order valence-electron chi connectivity index (χ0n) is 17.2. The molecule has 2 aliphatic rings. The molecule has 0 bridgehead atoms. The zero-order chi connectivity index (χ0) is 22.2. The van der Waals surface area contributed by atoms with Crippen molar-refractivity contribution in [2.24, 2.45) is 4.99 Å². The SMILES string of the molecule is CN1C(=O)C(NC(=O)c2nc3n(n2)CCCN3)N=C(c2ccccc2F)c2ccccc21. The van der Waals surface area contributed by atoms with Gasteiger partial charge in [-0.05, 0) is 24.6 Å². The van der Waals surface area contributed by atoms with Gasteiger partial charge in [0.1, 0.15) is 5.82 Å². The van der Waals surface area contributed by atoms with Crippen molar-refractivity contribution in [3.63, 3.8) is 0 Å². The number of aliphatic imine (C=N–C) groups is 1. The van der Waals surface area contributed by atoms with Gasteiger partial charge in [-0.2, -0.15) is 4.98 Å². The Balaban J connectivity index is 1.55. The highest BCUT2D eigenvalue weighted by Gasteiger charge is 2.32. The van der Waals surface area contributed by atoms with Gasteiger partial charge in [0.2, 0.25) is 17.9 Å². The highest BCUT2D eigenvalue weighted by molar-refractivity contribution is 6.20. The van der Waals surface area contributed by atoms with Gasteiger partial charge in [0.25, 0.3) is 11.8 Å². The van der Waals surface area contributed by atoms with Crippen LogP contribution in [0.15, 0.2) is 53.5 Å². The van der Waals surface area contributed by atoms with Crippen LogP contribution in [0.25, 0.3) is 0 Å². The molecule has 5 rings (SSSR count). The lowest BCUT2D eigenvalue weighted by molar-refractivity contribution is -0.119. The average molecular weight is 433 g/mol. The Bertz CT molecular complexity index is 1230. The van der Waals surface area contributed by atoms with Gasteiger partial charge in [-0.3, -0.25) is 9.59 Å². The number of likely N-dealkylation sites (N-methyl/N-ethyl adjacent to an activating group) is 1. The van der Waals surface area contributed by atoms with Gasteiger partial charge >= 0.3 is 0 Å². The number of aromatic nitrogens is 3. The van der Waals surface area contributed by atoms with Gasteiger partial charge in [0.05, 0.1) is 11.4 Å². The minimum absolute atomic E-state index is 0.0609. The molecule has 32 heavy (non-hydrogen) atoms. The molecule has 0 saturated heterocycles. The van der Waals surface area contributed by atoms with Crippen LogP contribution in [0.2, 0.25) is 0 Å². The number of nitrogens with zero attached hydrogens (tertiary/aromatic N) is 5. The van der Waals surface area contributed by atoms with Gasteiger partial charge in [-0.1, -0.05) is 30.3 Å². The van der Waals surface area contributed by atoms with Crippen molar-refractivity contribution in [3.05, 3.63) is 71.3 Å². The van der Waals surface area contributed by atoms with E-state index >= 15 is 0 Å². The quantitative estimate of drug-likeness (QED) is 0.656. The molecule has 0 aliphatic carbocycles. The van der Waals surface area contributed by atoms with Crippen LogP contribution in [0.1, 0.15) is 28.2 Å². The van der Waals surface area contributed by atoms with Crippen LogP contribution >= 0.6 is 0 Å². The average Bonchev–Trinajstić information content (AvgIpc) is 3.22. The zero-order valence-corrected chi connectivity index (χ0v) is 17.2. The number of hydrogen-bond donors (Lipinski definition) is 2. The molecular weight excluding hydrogens is 413 g/mol. The second-order valence-corrected chi connectivity index (χ2v) is 7.51. The minimum Gasteiger partial charge on any atom is -0.354 e. The van der Waals surface area contributed by atoms with E-state index in [-0.39, 0.29) is 17.1 Å². The molecule has 1 atom stereocenters. The molecule has 0 fully saturated rings. The van der Waals surface area contributed by atoms with E-state index in [1.807, 2.05) is 0 Å². The summed E-state index contributed by atoms with van der Waals surface area (Å²) < 4.78 is 16.3. The maximum absolute atomic E-state index is 14.7. The van der Waals surface area contributed by atoms with Gasteiger partial charge < -0.3 is 15.5 Å². The molecule has 2 aliphatic heterocycles. The molecule has 3 heterocycles. The van der Waals surface area contributed by atoms with Crippen LogP contribution in [0.5, 0.6) is 0 Å². The number of amides is 2. The second-order valence-electron chi connectivity index (χ2n) is 7.51. The van der Waals surface area contributed by atoms with Gasteiger partial charge in [-0.25, -0.2) is 14.1 Å². The maximum atomic E-state index is 14.7. The van der Waals surface area contributed by atoms with Crippen molar-refractivity contribution < 1.29 is 14.0 Å². The summed E-state index contributed by atoms with van der Waals surface area (Å²) in [7, 11) is 1.59. The molecular formula is C22H20FN7O2. The number of benzodiazepines with no additional fused rings is 1. The van der Waals surface area contributed by atoms with Crippen LogP contribution in [0.4, 0.5) is 16.0 Å². The Morgan fingerprint density at radius 1 is 1.16 bits per heavy atom. The maximum Gasteiger partial charge on any atom is 0.293 e. The fourth-order valence-corrected chi connectivity index (χ4v) is 3.83. The largest absolute Gasteiger partial charge is 0.354 e. The topological polar surface area (TPSA) is 105 Å². The molecule has 2 aromatic carbocycles. The Kier molecular flexibility index (Phi) is 4.89. The molecule has 2 N–H and O–H groups in total. The summed E-state index contributed by atoms with van der Waals surface area (Å²) in [6, 6.07) is 13.3. The van der Waals surface area contributed by atoms with Crippen molar-refractivity contribution in [2.75, 3.05) is 23.8 Å². The monoisotopic (exact) mass is 433 g/mol. The first-order valence-corrected chi connectivity index (χ1v) is 10.2. The summed E-state index contributed by atoms with van der Waals surface area (Å²) in [6.45, 7) is 1.40. The number of nitrogens with one attached hydrogen (secondary N) is 2. The summed E-state index contributed by atoms with van der Waals surface area (Å²) >= 11 is 0. The Morgan fingerprint density at radius 3 is 2.69 bits per heavy atom. The molecule has 10 heteroatoms. The first kappa shape index (κ1) is 19.9. The number of rotatable bonds is 3. The molecule has 0 saturated carbocycles. The molecule has 0 spiro atoms. The van der Waals surface area contributed by atoms with E-state index in [0.29, 0.717) is 23.7 Å². The summed E-state index contributed by atoms with van der Waals surface area (Å²) in [6.07, 6.45) is -0.402. The van der Waals surface area contributed by atoms with E-state index in [1.165, 1.54) is 11.0 Å². The number of benzene rings is 2. The van der Waals surface area contributed by atoms with E-state index in [1.54, 1.807) is 54.2 Å². The first-order chi connectivity index (χ1) is 15.5. The molecule has 9 nitrogen and oxygen atoms in total. The lowest BCUT2D eigenvalue weighted by Gasteiger charge is -2.20.